The molecular formula is C29H39FO7. The molecule has 0 aliphatic heterocycles. The third-order valence-corrected chi connectivity index (χ3v) is 9.98. The average molecular weight is 519 g/mol. The Morgan fingerprint density at radius 1 is 1.16 bits per heavy atom. The van der Waals surface area contributed by atoms with Crippen LogP contribution in [0.25, 0.3) is 0 Å². The number of hydrogen-bond acceptors (Lipinski definition) is 7. The van der Waals surface area contributed by atoms with Crippen molar-refractivity contribution < 1.29 is 38.1 Å². The number of hydrogen-bond donors (Lipinski definition) is 1. The molecule has 4 aliphatic carbocycles. The number of aliphatic hydroxyl groups excluding tert-OH is 1. The molecule has 0 heterocycles. The van der Waals surface area contributed by atoms with Crippen LogP contribution in [0.1, 0.15) is 79.6 Å². The van der Waals surface area contributed by atoms with Gasteiger partial charge in [0.2, 0.25) is 5.78 Å². The number of aliphatic hydroxyl groups is 1. The molecule has 0 radical (unpaired) electrons. The number of allylic oxidation sites excluding steroid dienone is 4. The van der Waals surface area contributed by atoms with Crippen molar-refractivity contribution in [3.8, 4) is 0 Å². The van der Waals surface area contributed by atoms with E-state index >= 15 is 4.39 Å². The highest BCUT2D eigenvalue weighted by Crippen LogP contribution is 2.71. The molecule has 7 nitrogen and oxygen atoms in total. The van der Waals surface area contributed by atoms with Gasteiger partial charge >= 0.3 is 11.9 Å². The maximum Gasteiger partial charge on any atom is 0.306 e. The molecule has 0 aromatic rings. The second-order valence-corrected chi connectivity index (χ2v) is 11.8. The predicted molar refractivity (Wildman–Crippen MR) is 133 cm³/mol. The number of alkyl halides is 1. The van der Waals surface area contributed by atoms with Gasteiger partial charge in [0.1, 0.15) is 0 Å². The lowest BCUT2D eigenvalue weighted by atomic mass is 9.44. The second kappa shape index (κ2) is 9.44. The summed E-state index contributed by atoms with van der Waals surface area (Å²) in [6.07, 6.45) is 4.93. The minimum absolute atomic E-state index is 0.0982. The summed E-state index contributed by atoms with van der Waals surface area (Å²) in [4.78, 5) is 50.7. The van der Waals surface area contributed by atoms with Gasteiger partial charge in [0.15, 0.2) is 23.7 Å². The quantitative estimate of drug-likeness (QED) is 0.503. The normalized spacial score (nSPS) is 42.2. The zero-order valence-electron chi connectivity index (χ0n) is 22.5. The van der Waals surface area contributed by atoms with E-state index in [9.17, 15) is 24.3 Å². The zero-order chi connectivity index (χ0) is 27.4. The minimum atomic E-state index is -2.06. The van der Waals surface area contributed by atoms with Gasteiger partial charge in [0.05, 0.1) is 6.10 Å². The molecule has 0 aromatic heterocycles. The van der Waals surface area contributed by atoms with Gasteiger partial charge in [-0.2, -0.15) is 0 Å². The lowest BCUT2D eigenvalue weighted by Gasteiger charge is -2.62. The molecule has 37 heavy (non-hydrogen) atoms. The lowest BCUT2D eigenvalue weighted by molar-refractivity contribution is -0.228. The highest BCUT2D eigenvalue weighted by Gasteiger charge is 2.77. The van der Waals surface area contributed by atoms with Gasteiger partial charge < -0.3 is 14.6 Å². The van der Waals surface area contributed by atoms with Crippen molar-refractivity contribution >= 4 is 23.5 Å². The molecule has 4 rings (SSSR count). The van der Waals surface area contributed by atoms with E-state index < -0.39 is 64.4 Å². The Morgan fingerprint density at radius 3 is 2.51 bits per heavy atom. The van der Waals surface area contributed by atoms with Crippen LogP contribution in [0.15, 0.2) is 23.8 Å². The Balaban J connectivity index is 1.80. The number of carbonyl (C=O) groups is 4. The molecule has 1 N–H and O–H groups in total. The molecule has 3 saturated carbocycles. The topological polar surface area (TPSA) is 107 Å². The molecule has 0 bridgehead atoms. The predicted octanol–water partition coefficient (Wildman–Crippen LogP) is 4.21. The maximum absolute atomic E-state index is 17.4. The molecule has 8 atom stereocenters. The summed E-state index contributed by atoms with van der Waals surface area (Å²) >= 11 is 0. The summed E-state index contributed by atoms with van der Waals surface area (Å²) in [5, 5.41) is 11.6. The fourth-order valence-corrected chi connectivity index (χ4v) is 8.19. The molecule has 0 saturated heterocycles. The number of ketones is 2. The minimum Gasteiger partial charge on any atom is -0.457 e. The van der Waals surface area contributed by atoms with Gasteiger partial charge in [-0.3, -0.25) is 19.2 Å². The van der Waals surface area contributed by atoms with E-state index in [0.717, 1.165) is 0 Å². The maximum atomic E-state index is 17.4. The van der Waals surface area contributed by atoms with Crippen LogP contribution in [0.5, 0.6) is 0 Å². The van der Waals surface area contributed by atoms with Crippen molar-refractivity contribution in [1.82, 2.24) is 0 Å². The van der Waals surface area contributed by atoms with E-state index in [0.29, 0.717) is 31.3 Å². The number of fused-ring (bicyclic) bond motifs is 5. The monoisotopic (exact) mass is 518 g/mol. The third-order valence-electron chi connectivity index (χ3n) is 9.98. The van der Waals surface area contributed by atoms with Crippen LogP contribution in [-0.4, -0.2) is 52.6 Å². The standard InChI is InChI=1S/C29H39FO7/c1-6-8-25(35)37-29(23(33)16-36-24(34)7-2)17(3)13-21-20-10-9-18-14-19(31)11-12-26(18,4)28(20,30)22(32)15-27(21,29)5/h11-12,14,17,20-22,32H,6-10,13,15-16H2,1-5H3/t17-,20-,21-,22-,26-,27-,28?,29+/m0/s1. The molecule has 3 fully saturated rings. The third kappa shape index (κ3) is 3.76. The smallest absolute Gasteiger partial charge is 0.306 e. The largest absolute Gasteiger partial charge is 0.457 e. The van der Waals surface area contributed by atoms with E-state index in [-0.39, 0.29) is 31.0 Å². The Hall–Kier alpha value is -2.35. The summed E-state index contributed by atoms with van der Waals surface area (Å²) in [6, 6.07) is 0. The summed E-state index contributed by atoms with van der Waals surface area (Å²) in [5.74, 6) is -3.26. The van der Waals surface area contributed by atoms with E-state index in [1.807, 2.05) is 20.8 Å². The summed E-state index contributed by atoms with van der Waals surface area (Å²) in [5.41, 5.74) is -5.26. The molecule has 1 unspecified atom stereocenters. The van der Waals surface area contributed by atoms with Crippen molar-refractivity contribution in [3.05, 3.63) is 23.8 Å². The molecule has 204 valence electrons. The molecular weight excluding hydrogens is 479 g/mol. The molecule has 0 amide bonds. The first-order valence-electron chi connectivity index (χ1n) is 13.5. The summed E-state index contributed by atoms with van der Waals surface area (Å²) in [6.45, 7) is 8.29. The van der Waals surface area contributed by atoms with Gasteiger partial charge in [0, 0.05) is 35.5 Å². The summed E-state index contributed by atoms with van der Waals surface area (Å²) < 4.78 is 28.7. The van der Waals surface area contributed by atoms with Crippen LogP contribution in [0.4, 0.5) is 4.39 Å². The first-order valence-corrected chi connectivity index (χ1v) is 13.5. The average Bonchev–Trinajstić information content (AvgIpc) is 3.05. The van der Waals surface area contributed by atoms with Gasteiger partial charge in [-0.05, 0) is 57.1 Å². The number of rotatable bonds is 7. The summed E-state index contributed by atoms with van der Waals surface area (Å²) in [7, 11) is 0. The van der Waals surface area contributed by atoms with E-state index in [4.69, 9.17) is 9.47 Å². The molecule has 8 heteroatoms. The van der Waals surface area contributed by atoms with Crippen LogP contribution in [-0.2, 0) is 28.7 Å². The van der Waals surface area contributed by atoms with Gasteiger partial charge in [-0.15, -0.1) is 0 Å². The highest BCUT2D eigenvalue weighted by atomic mass is 19.1. The van der Waals surface area contributed by atoms with Crippen molar-refractivity contribution in [2.24, 2.45) is 28.6 Å². The number of Topliss-reactive ketones (excluding diaryl/α,β-unsaturated/α-hetero) is 1. The van der Waals surface area contributed by atoms with Crippen molar-refractivity contribution in [2.45, 2.75) is 96.9 Å². The fourth-order valence-electron chi connectivity index (χ4n) is 8.19. The SMILES string of the molecule is CCCC(=O)O[C@@]1(C(=O)COC(=O)CC)[C@@H](C)C[C@H]2[C@@H]3CCC4=CC(=O)C=C[C@]4(C)C3(F)[C@@H](O)C[C@@]21C. The lowest BCUT2D eigenvalue weighted by Crippen LogP contribution is -2.70. The molecule has 0 aromatic carbocycles. The number of ether oxygens (including phenoxy) is 2. The Labute approximate surface area is 217 Å². The number of carbonyl (C=O) groups excluding carboxylic acids is 4. The second-order valence-electron chi connectivity index (χ2n) is 11.8. The van der Waals surface area contributed by atoms with Gasteiger partial charge in [0.25, 0.3) is 0 Å². The number of esters is 2. The number of halogens is 1. The van der Waals surface area contributed by atoms with E-state index in [2.05, 4.69) is 0 Å². The van der Waals surface area contributed by atoms with Gasteiger partial charge in [-0.25, -0.2) is 4.39 Å². The zero-order valence-corrected chi connectivity index (χ0v) is 22.5. The van der Waals surface area contributed by atoms with Crippen LogP contribution in [0, 0.1) is 28.6 Å². The highest BCUT2D eigenvalue weighted by molar-refractivity contribution is 6.01. The van der Waals surface area contributed by atoms with E-state index in [1.165, 1.54) is 12.2 Å². The molecule has 0 spiro atoms. The molecule has 4 aliphatic rings. The first-order chi connectivity index (χ1) is 17.3. The Bertz CT molecular complexity index is 1060. The van der Waals surface area contributed by atoms with Crippen LogP contribution in [0.2, 0.25) is 0 Å². The Morgan fingerprint density at radius 2 is 1.86 bits per heavy atom. The van der Waals surface area contributed by atoms with Crippen molar-refractivity contribution in [2.75, 3.05) is 6.61 Å². The first kappa shape index (κ1) is 27.7. The van der Waals surface area contributed by atoms with Crippen molar-refractivity contribution in [1.29, 1.82) is 0 Å². The van der Waals surface area contributed by atoms with Crippen molar-refractivity contribution in [3.63, 3.8) is 0 Å². The fraction of sp³-hybridized carbons (Fsp3) is 0.724. The van der Waals surface area contributed by atoms with Gasteiger partial charge in [-0.1, -0.05) is 39.3 Å². The van der Waals surface area contributed by atoms with E-state index in [1.54, 1.807) is 19.9 Å². The van der Waals surface area contributed by atoms with Crippen LogP contribution >= 0.6 is 0 Å². The van der Waals surface area contributed by atoms with Crippen LogP contribution < -0.4 is 0 Å². The Kier molecular flexibility index (Phi) is 7.06. The van der Waals surface area contributed by atoms with Crippen LogP contribution in [0.3, 0.4) is 0 Å².